The van der Waals surface area contributed by atoms with E-state index in [4.69, 9.17) is 0 Å². The van der Waals surface area contributed by atoms with Gasteiger partial charge >= 0.3 is 0 Å². The van der Waals surface area contributed by atoms with Gasteiger partial charge in [0.15, 0.2) is 0 Å². The van der Waals surface area contributed by atoms with E-state index in [0.29, 0.717) is 5.75 Å². The second-order valence-corrected chi connectivity index (χ2v) is 9.97. The van der Waals surface area contributed by atoms with E-state index in [1.54, 1.807) is 11.8 Å². The van der Waals surface area contributed by atoms with Gasteiger partial charge in [0.05, 0.1) is 17.6 Å². The molecule has 0 bridgehead atoms. The van der Waals surface area contributed by atoms with Gasteiger partial charge in [0.1, 0.15) is 5.82 Å². The molecule has 0 atom stereocenters. The number of para-hydroxylation sites is 1. The van der Waals surface area contributed by atoms with Crippen molar-refractivity contribution in [2.75, 3.05) is 36.8 Å². The Morgan fingerprint density at radius 1 is 0.943 bits per heavy atom. The second-order valence-electron chi connectivity index (χ2n) is 8.98. The first-order chi connectivity index (χ1) is 17.1. The van der Waals surface area contributed by atoms with Crippen LogP contribution in [0, 0.1) is 13.8 Å². The lowest BCUT2D eigenvalue weighted by Gasteiger charge is -2.37. The summed E-state index contributed by atoms with van der Waals surface area (Å²) in [4.78, 5) is 17.4. The van der Waals surface area contributed by atoms with Crippen LogP contribution in [-0.4, -0.2) is 57.1 Å². The number of hydrogen-bond acceptors (Lipinski definition) is 4. The van der Waals surface area contributed by atoms with Crippen LogP contribution in [-0.2, 0) is 10.5 Å². The van der Waals surface area contributed by atoms with Crippen LogP contribution in [0.4, 0.5) is 5.69 Å². The van der Waals surface area contributed by atoms with Crippen LogP contribution in [0.2, 0.25) is 0 Å². The quantitative estimate of drug-likeness (QED) is 0.375. The topological polar surface area (TPSA) is 46.3 Å². The minimum Gasteiger partial charge on any atom is -0.368 e. The monoisotopic (exact) mass is 485 g/mol. The van der Waals surface area contributed by atoms with Crippen LogP contribution in [0.3, 0.4) is 0 Å². The molecule has 6 nitrogen and oxygen atoms in total. The molecule has 1 saturated heterocycles. The van der Waals surface area contributed by atoms with Crippen molar-refractivity contribution in [1.82, 2.24) is 19.2 Å². The van der Waals surface area contributed by atoms with E-state index in [1.165, 1.54) is 16.8 Å². The predicted molar refractivity (Wildman–Crippen MR) is 144 cm³/mol. The molecule has 4 aromatic rings. The van der Waals surface area contributed by atoms with Gasteiger partial charge in [-0.3, -0.25) is 4.79 Å². The molecule has 0 unspecified atom stereocenters. The lowest BCUT2D eigenvalue weighted by molar-refractivity contribution is -0.128. The summed E-state index contributed by atoms with van der Waals surface area (Å²) in [5, 5.41) is 4.66. The Hall–Kier alpha value is -3.45. The van der Waals surface area contributed by atoms with Crippen LogP contribution in [0.25, 0.3) is 11.5 Å². The number of amides is 1. The molecular weight excluding hydrogens is 454 g/mol. The number of thioether (sulfide) groups is 1. The summed E-state index contributed by atoms with van der Waals surface area (Å²) < 4.78 is 4.05. The molecule has 5 rings (SSSR count). The van der Waals surface area contributed by atoms with Gasteiger partial charge < -0.3 is 14.4 Å². The normalized spacial score (nSPS) is 13.9. The van der Waals surface area contributed by atoms with E-state index < -0.39 is 0 Å². The van der Waals surface area contributed by atoms with Crippen molar-refractivity contribution in [1.29, 1.82) is 0 Å². The third-order valence-electron chi connectivity index (χ3n) is 6.49. The Kier molecular flexibility index (Phi) is 6.95. The Labute approximate surface area is 211 Å². The zero-order valence-corrected chi connectivity index (χ0v) is 21.1. The van der Waals surface area contributed by atoms with Gasteiger partial charge in [0.2, 0.25) is 5.91 Å². The number of benzene rings is 2. The molecule has 1 fully saturated rings. The van der Waals surface area contributed by atoms with Crippen molar-refractivity contribution in [2.45, 2.75) is 19.6 Å². The number of hydrogen-bond donors (Lipinski definition) is 0. The van der Waals surface area contributed by atoms with Gasteiger partial charge in [-0.1, -0.05) is 30.3 Å². The van der Waals surface area contributed by atoms with Gasteiger partial charge in [-0.05, 0) is 55.3 Å². The first-order valence-corrected chi connectivity index (χ1v) is 13.2. The SMILES string of the molecule is Cc1ccc(C)c(N2CCN(C(=O)CSCc3cnn(-c4ccccc4)c3-n3cccc3)CC2)c1. The van der Waals surface area contributed by atoms with E-state index >= 15 is 0 Å². The van der Waals surface area contributed by atoms with Crippen LogP contribution >= 0.6 is 11.8 Å². The Morgan fingerprint density at radius 3 is 2.43 bits per heavy atom. The molecule has 0 aliphatic carbocycles. The van der Waals surface area contributed by atoms with Crippen molar-refractivity contribution in [3.8, 4) is 11.5 Å². The lowest BCUT2D eigenvalue weighted by Crippen LogP contribution is -2.49. The van der Waals surface area contributed by atoms with Crippen LogP contribution in [0.15, 0.2) is 79.3 Å². The van der Waals surface area contributed by atoms with Gasteiger partial charge in [-0.25, -0.2) is 4.68 Å². The molecule has 7 heteroatoms. The summed E-state index contributed by atoms with van der Waals surface area (Å²) in [5.41, 5.74) is 5.99. The average Bonchev–Trinajstić information content (AvgIpc) is 3.56. The van der Waals surface area contributed by atoms with Crippen LogP contribution in [0.1, 0.15) is 16.7 Å². The van der Waals surface area contributed by atoms with Gasteiger partial charge in [-0.2, -0.15) is 5.10 Å². The molecule has 35 heavy (non-hydrogen) atoms. The molecule has 1 amide bonds. The fraction of sp³-hybridized carbons (Fsp3) is 0.286. The smallest absolute Gasteiger partial charge is 0.232 e. The number of anilines is 1. The standard InChI is InChI=1S/C28H31N5OS/c1-22-10-11-23(2)26(18-22)30-14-16-31(17-15-30)27(34)21-35-20-24-19-29-33(25-8-4-3-5-9-25)28(24)32-12-6-7-13-32/h3-13,18-19H,14-17,20-21H2,1-2H3. The number of nitrogens with zero attached hydrogens (tertiary/aromatic N) is 5. The number of aryl methyl sites for hydroxylation is 2. The van der Waals surface area contributed by atoms with E-state index in [-0.39, 0.29) is 5.91 Å². The maximum Gasteiger partial charge on any atom is 0.232 e. The predicted octanol–water partition coefficient (Wildman–Crippen LogP) is 4.86. The highest BCUT2D eigenvalue weighted by molar-refractivity contribution is 7.99. The van der Waals surface area contributed by atoms with Crippen molar-refractivity contribution in [3.05, 3.63) is 95.9 Å². The first-order valence-electron chi connectivity index (χ1n) is 12.0. The van der Waals surface area contributed by atoms with Crippen LogP contribution in [0.5, 0.6) is 0 Å². The Morgan fingerprint density at radius 2 is 1.69 bits per heavy atom. The number of carbonyl (C=O) groups excluding carboxylic acids is 1. The molecule has 2 aromatic heterocycles. The molecule has 1 aliphatic heterocycles. The third-order valence-corrected chi connectivity index (χ3v) is 7.45. The van der Waals surface area contributed by atoms with Crippen molar-refractivity contribution in [2.24, 2.45) is 0 Å². The Balaban J connectivity index is 1.20. The maximum absolute atomic E-state index is 13.0. The molecule has 0 radical (unpaired) electrons. The lowest BCUT2D eigenvalue weighted by atomic mass is 10.1. The fourth-order valence-electron chi connectivity index (χ4n) is 4.58. The van der Waals surface area contributed by atoms with Gasteiger partial charge in [0, 0.05) is 55.6 Å². The average molecular weight is 486 g/mol. The van der Waals surface area contributed by atoms with Crippen molar-refractivity contribution >= 4 is 23.4 Å². The highest BCUT2D eigenvalue weighted by Crippen LogP contribution is 2.25. The number of carbonyl (C=O) groups is 1. The summed E-state index contributed by atoms with van der Waals surface area (Å²) in [7, 11) is 0. The highest BCUT2D eigenvalue weighted by atomic mass is 32.2. The minimum absolute atomic E-state index is 0.216. The van der Waals surface area contributed by atoms with Crippen molar-refractivity contribution < 1.29 is 4.79 Å². The molecule has 0 N–H and O–H groups in total. The Bertz CT molecular complexity index is 1270. The maximum atomic E-state index is 13.0. The summed E-state index contributed by atoms with van der Waals surface area (Å²) in [6.45, 7) is 7.58. The molecule has 1 aliphatic rings. The number of aromatic nitrogens is 3. The van der Waals surface area contributed by atoms with Crippen molar-refractivity contribution in [3.63, 3.8) is 0 Å². The second kappa shape index (κ2) is 10.4. The third kappa shape index (κ3) is 5.15. The molecular formula is C28H31N5OS. The number of piperazine rings is 1. The molecule has 2 aromatic carbocycles. The first kappa shape index (κ1) is 23.3. The highest BCUT2D eigenvalue weighted by Gasteiger charge is 2.22. The summed E-state index contributed by atoms with van der Waals surface area (Å²) in [6, 6.07) is 20.8. The van der Waals surface area contributed by atoms with E-state index in [1.807, 2.05) is 58.5 Å². The largest absolute Gasteiger partial charge is 0.368 e. The fourth-order valence-corrected chi connectivity index (χ4v) is 5.47. The van der Waals surface area contributed by atoms with Crippen LogP contribution < -0.4 is 4.90 Å². The summed E-state index contributed by atoms with van der Waals surface area (Å²) >= 11 is 1.66. The molecule has 180 valence electrons. The minimum atomic E-state index is 0.216. The molecule has 0 spiro atoms. The summed E-state index contributed by atoms with van der Waals surface area (Å²) in [5.74, 6) is 2.44. The number of rotatable bonds is 7. The molecule has 0 saturated carbocycles. The van der Waals surface area contributed by atoms with E-state index in [2.05, 4.69) is 58.7 Å². The van der Waals surface area contributed by atoms with Gasteiger partial charge in [0.25, 0.3) is 0 Å². The van der Waals surface area contributed by atoms with Gasteiger partial charge in [-0.15, -0.1) is 11.8 Å². The zero-order chi connectivity index (χ0) is 24.2. The zero-order valence-electron chi connectivity index (χ0n) is 20.3. The summed E-state index contributed by atoms with van der Waals surface area (Å²) in [6.07, 6.45) is 5.99. The van der Waals surface area contributed by atoms with E-state index in [9.17, 15) is 4.79 Å². The molecule has 3 heterocycles. The van der Waals surface area contributed by atoms with E-state index in [0.717, 1.165) is 49.0 Å².